The predicted octanol–water partition coefficient (Wildman–Crippen LogP) is 2.01. The molecule has 4 bridgehead atoms. The summed E-state index contributed by atoms with van der Waals surface area (Å²) in [6.45, 7) is 0. The van der Waals surface area contributed by atoms with Crippen LogP contribution in [0.15, 0.2) is 0 Å². The summed E-state index contributed by atoms with van der Waals surface area (Å²) in [7, 11) is 0. The van der Waals surface area contributed by atoms with Crippen molar-refractivity contribution >= 4 is 5.78 Å². The van der Waals surface area contributed by atoms with E-state index in [9.17, 15) is 4.79 Å². The molecule has 5 aliphatic carbocycles. The van der Waals surface area contributed by atoms with Crippen LogP contribution in [-0.2, 0) is 4.79 Å². The summed E-state index contributed by atoms with van der Waals surface area (Å²) in [5, 5.41) is 0. The van der Waals surface area contributed by atoms with Crippen LogP contribution in [0.2, 0.25) is 0 Å². The number of ketones is 1. The Labute approximate surface area is 72.5 Å². The van der Waals surface area contributed by atoms with Crippen LogP contribution in [0.3, 0.4) is 0 Å². The Morgan fingerprint density at radius 2 is 1.75 bits per heavy atom. The average Bonchev–Trinajstić information content (AvgIpc) is 2.54. The molecule has 12 heavy (non-hydrogen) atoms. The normalized spacial score (nSPS) is 65.2. The lowest BCUT2D eigenvalue weighted by Crippen LogP contribution is -2.39. The molecule has 0 saturated heterocycles. The van der Waals surface area contributed by atoms with Gasteiger partial charge in [-0.05, 0) is 49.9 Å². The van der Waals surface area contributed by atoms with E-state index in [0.717, 1.165) is 17.8 Å². The maximum atomic E-state index is 11.7. The molecule has 0 aliphatic heterocycles. The molecule has 5 fully saturated rings. The van der Waals surface area contributed by atoms with Crippen LogP contribution in [0.25, 0.3) is 0 Å². The molecule has 0 aromatic heterocycles. The number of carbonyl (C=O) groups excluding carboxylic acids is 1. The van der Waals surface area contributed by atoms with Crippen LogP contribution in [0.1, 0.15) is 32.1 Å². The molecule has 0 radical (unpaired) electrons. The molecule has 5 aliphatic rings. The van der Waals surface area contributed by atoms with E-state index >= 15 is 0 Å². The Bertz CT molecular complexity index is 267. The van der Waals surface area contributed by atoms with Gasteiger partial charge in [0.25, 0.3) is 0 Å². The third-order valence-corrected chi connectivity index (χ3v) is 5.00. The standard InChI is InChI=1S/C11H14O/c12-10-9-8-2-6-1-7(3-8)5-11(9,10)4-6/h6-9H,1-5H2. The zero-order chi connectivity index (χ0) is 7.92. The maximum absolute atomic E-state index is 11.7. The van der Waals surface area contributed by atoms with E-state index in [-0.39, 0.29) is 5.41 Å². The van der Waals surface area contributed by atoms with Gasteiger partial charge in [0.05, 0.1) is 0 Å². The number of rotatable bonds is 0. The molecule has 1 heteroatoms. The van der Waals surface area contributed by atoms with E-state index in [0.29, 0.717) is 11.7 Å². The zero-order valence-electron chi connectivity index (χ0n) is 7.25. The van der Waals surface area contributed by atoms with E-state index in [2.05, 4.69) is 0 Å². The van der Waals surface area contributed by atoms with Crippen molar-refractivity contribution in [1.29, 1.82) is 0 Å². The first-order valence-electron chi connectivity index (χ1n) is 5.34. The summed E-state index contributed by atoms with van der Waals surface area (Å²) < 4.78 is 0. The number of Topliss-reactive ketones (excluding diaryl/α,β-unsaturated/α-hetero) is 1. The smallest absolute Gasteiger partial charge is 0.144 e. The monoisotopic (exact) mass is 162 g/mol. The molecule has 3 atom stereocenters. The molecule has 0 N–H and O–H groups in total. The van der Waals surface area contributed by atoms with Crippen LogP contribution in [0.4, 0.5) is 0 Å². The highest BCUT2D eigenvalue weighted by Crippen LogP contribution is 2.72. The second-order valence-corrected chi connectivity index (χ2v) is 5.61. The molecule has 1 spiro atoms. The highest BCUT2D eigenvalue weighted by Gasteiger charge is 2.73. The van der Waals surface area contributed by atoms with E-state index in [1.807, 2.05) is 0 Å². The molecule has 0 amide bonds. The van der Waals surface area contributed by atoms with Gasteiger partial charge in [0.2, 0.25) is 0 Å². The van der Waals surface area contributed by atoms with Crippen molar-refractivity contribution in [3.05, 3.63) is 0 Å². The summed E-state index contributed by atoms with van der Waals surface area (Å²) in [5.41, 5.74) is 0.286. The van der Waals surface area contributed by atoms with Gasteiger partial charge in [0.1, 0.15) is 5.78 Å². The fourth-order valence-electron chi connectivity index (χ4n) is 4.87. The van der Waals surface area contributed by atoms with Crippen LogP contribution in [-0.4, -0.2) is 5.78 Å². The van der Waals surface area contributed by atoms with Crippen LogP contribution >= 0.6 is 0 Å². The van der Waals surface area contributed by atoms with Gasteiger partial charge >= 0.3 is 0 Å². The minimum absolute atomic E-state index is 0.286. The van der Waals surface area contributed by atoms with Crippen molar-refractivity contribution in [2.45, 2.75) is 32.1 Å². The summed E-state index contributed by atoms with van der Waals surface area (Å²) in [5.74, 6) is 3.96. The second-order valence-electron chi connectivity index (χ2n) is 5.61. The van der Waals surface area contributed by atoms with Crippen LogP contribution in [0, 0.1) is 29.1 Å². The molecule has 5 saturated carbocycles. The zero-order valence-corrected chi connectivity index (χ0v) is 7.25. The van der Waals surface area contributed by atoms with Gasteiger partial charge in [-0.3, -0.25) is 4.79 Å². The predicted molar refractivity (Wildman–Crippen MR) is 44.5 cm³/mol. The largest absolute Gasteiger partial charge is 0.299 e. The van der Waals surface area contributed by atoms with Crippen molar-refractivity contribution in [3.8, 4) is 0 Å². The summed E-state index contributed by atoms with van der Waals surface area (Å²) in [6, 6.07) is 0. The van der Waals surface area contributed by atoms with Crippen LogP contribution < -0.4 is 0 Å². The lowest BCUT2D eigenvalue weighted by Gasteiger charge is -2.47. The number of carbonyl (C=O) groups is 1. The first-order valence-corrected chi connectivity index (χ1v) is 5.34. The van der Waals surface area contributed by atoms with E-state index in [1.165, 1.54) is 32.1 Å². The molecule has 5 rings (SSSR count). The van der Waals surface area contributed by atoms with Crippen molar-refractivity contribution in [3.63, 3.8) is 0 Å². The third-order valence-electron chi connectivity index (χ3n) is 5.00. The van der Waals surface area contributed by atoms with Crippen LogP contribution in [0.5, 0.6) is 0 Å². The van der Waals surface area contributed by atoms with Crippen molar-refractivity contribution < 1.29 is 4.79 Å². The van der Waals surface area contributed by atoms with Crippen molar-refractivity contribution in [2.75, 3.05) is 0 Å². The van der Waals surface area contributed by atoms with Gasteiger partial charge in [-0.25, -0.2) is 0 Å². The number of hydrogen-bond acceptors (Lipinski definition) is 1. The van der Waals surface area contributed by atoms with Gasteiger partial charge in [0.15, 0.2) is 0 Å². The van der Waals surface area contributed by atoms with Gasteiger partial charge in [-0.15, -0.1) is 0 Å². The Morgan fingerprint density at radius 3 is 2.33 bits per heavy atom. The molecule has 0 aromatic rings. The Morgan fingerprint density at radius 1 is 1.08 bits per heavy atom. The summed E-state index contributed by atoms with van der Waals surface area (Å²) >= 11 is 0. The number of hydrogen-bond donors (Lipinski definition) is 0. The maximum Gasteiger partial charge on any atom is 0.144 e. The van der Waals surface area contributed by atoms with E-state index < -0.39 is 0 Å². The first kappa shape index (κ1) is 6.17. The summed E-state index contributed by atoms with van der Waals surface area (Å²) in [6.07, 6.45) is 6.81. The van der Waals surface area contributed by atoms with E-state index in [1.54, 1.807) is 0 Å². The Hall–Kier alpha value is -0.330. The lowest BCUT2D eigenvalue weighted by molar-refractivity contribution is -0.114. The second kappa shape index (κ2) is 1.51. The quantitative estimate of drug-likeness (QED) is 0.532. The highest BCUT2D eigenvalue weighted by molar-refractivity contribution is 6.04. The fraction of sp³-hybridized carbons (Fsp3) is 0.909. The minimum atomic E-state index is 0.286. The molecule has 0 aromatic carbocycles. The highest BCUT2D eigenvalue weighted by atomic mass is 16.1. The SMILES string of the molecule is O=C1C2C3CC4CC(C3)CC12C4. The van der Waals surface area contributed by atoms with Gasteiger partial charge in [-0.2, -0.15) is 0 Å². The Kier molecular flexibility index (Phi) is 0.779. The van der Waals surface area contributed by atoms with E-state index in [4.69, 9.17) is 0 Å². The van der Waals surface area contributed by atoms with Gasteiger partial charge in [-0.1, -0.05) is 0 Å². The molecule has 0 heterocycles. The van der Waals surface area contributed by atoms with Gasteiger partial charge in [0, 0.05) is 11.3 Å². The van der Waals surface area contributed by atoms with Crippen molar-refractivity contribution in [2.24, 2.45) is 29.1 Å². The fourth-order valence-corrected chi connectivity index (χ4v) is 4.87. The Balaban J connectivity index is 1.87. The lowest BCUT2D eigenvalue weighted by atomic mass is 9.56. The third kappa shape index (κ3) is 0.462. The molecule has 1 nitrogen and oxygen atoms in total. The van der Waals surface area contributed by atoms with Gasteiger partial charge < -0.3 is 0 Å². The topological polar surface area (TPSA) is 17.1 Å². The molecular weight excluding hydrogens is 148 g/mol. The first-order chi connectivity index (χ1) is 5.79. The summed E-state index contributed by atoms with van der Waals surface area (Å²) in [4.78, 5) is 11.7. The molecule has 64 valence electrons. The molecule has 3 unspecified atom stereocenters. The average molecular weight is 162 g/mol. The minimum Gasteiger partial charge on any atom is -0.299 e. The van der Waals surface area contributed by atoms with Crippen molar-refractivity contribution in [1.82, 2.24) is 0 Å². The molecular formula is C11H14O.